The van der Waals surface area contributed by atoms with Crippen molar-refractivity contribution < 1.29 is 8.98 Å². The molecule has 4 rings (SSSR count). The predicted molar refractivity (Wildman–Crippen MR) is 94.5 cm³/mol. The SMILES string of the molecule is Cc1c(-c2cccc[n+]2C)cc2c(oc3c(C#N)cccc32)c1C. The summed E-state index contributed by atoms with van der Waals surface area (Å²) in [5, 5.41) is 11.4. The van der Waals surface area contributed by atoms with Crippen LogP contribution in [0, 0.1) is 25.2 Å². The number of benzene rings is 2. The minimum atomic E-state index is 0.576. The van der Waals surface area contributed by atoms with Gasteiger partial charge in [0.1, 0.15) is 18.7 Å². The van der Waals surface area contributed by atoms with Crippen molar-refractivity contribution in [1.82, 2.24) is 0 Å². The van der Waals surface area contributed by atoms with E-state index >= 15 is 0 Å². The van der Waals surface area contributed by atoms with Gasteiger partial charge in [0.2, 0.25) is 5.69 Å². The largest absolute Gasteiger partial charge is 0.454 e. The Hall–Kier alpha value is -3.12. The molecule has 0 aliphatic heterocycles. The Labute approximate surface area is 140 Å². The third kappa shape index (κ3) is 1.93. The second-order valence-corrected chi connectivity index (χ2v) is 6.14. The number of aryl methyl sites for hydroxylation is 2. The molecule has 3 nitrogen and oxygen atoms in total. The predicted octanol–water partition coefficient (Wildman–Crippen LogP) is 4.57. The molecule has 2 aromatic heterocycles. The fourth-order valence-electron chi connectivity index (χ4n) is 3.34. The van der Waals surface area contributed by atoms with Gasteiger partial charge in [-0.2, -0.15) is 5.26 Å². The van der Waals surface area contributed by atoms with Gasteiger partial charge in [-0.05, 0) is 43.2 Å². The van der Waals surface area contributed by atoms with E-state index in [1.54, 1.807) is 6.07 Å². The molecule has 4 aromatic rings. The lowest BCUT2D eigenvalue weighted by molar-refractivity contribution is -0.660. The minimum absolute atomic E-state index is 0.576. The molecule has 0 fully saturated rings. The highest BCUT2D eigenvalue weighted by molar-refractivity contribution is 6.09. The Morgan fingerprint density at radius 2 is 1.79 bits per heavy atom. The zero-order valence-corrected chi connectivity index (χ0v) is 13.9. The number of para-hydroxylation sites is 1. The fourth-order valence-corrected chi connectivity index (χ4v) is 3.34. The summed E-state index contributed by atoms with van der Waals surface area (Å²) in [6.45, 7) is 4.20. The van der Waals surface area contributed by atoms with Gasteiger partial charge >= 0.3 is 0 Å². The van der Waals surface area contributed by atoms with E-state index in [1.165, 1.54) is 11.1 Å². The third-order valence-electron chi connectivity index (χ3n) is 4.80. The van der Waals surface area contributed by atoms with Crippen LogP contribution >= 0.6 is 0 Å². The average Bonchev–Trinajstić information content (AvgIpc) is 2.97. The molecule has 0 spiro atoms. The van der Waals surface area contributed by atoms with Crippen molar-refractivity contribution in [3.05, 3.63) is 65.4 Å². The molecule has 0 atom stereocenters. The first-order chi connectivity index (χ1) is 11.6. The zero-order chi connectivity index (χ0) is 16.8. The van der Waals surface area contributed by atoms with Crippen LogP contribution in [0.15, 0.2) is 53.1 Å². The topological polar surface area (TPSA) is 40.8 Å². The van der Waals surface area contributed by atoms with Crippen molar-refractivity contribution in [2.24, 2.45) is 7.05 Å². The van der Waals surface area contributed by atoms with Gasteiger partial charge in [-0.3, -0.25) is 0 Å². The number of aromatic nitrogens is 1. The molecular weight excluding hydrogens is 296 g/mol. The summed E-state index contributed by atoms with van der Waals surface area (Å²) in [5.74, 6) is 0. The molecule has 0 N–H and O–H groups in total. The Morgan fingerprint density at radius 1 is 0.958 bits per heavy atom. The third-order valence-corrected chi connectivity index (χ3v) is 4.80. The van der Waals surface area contributed by atoms with E-state index < -0.39 is 0 Å². The number of hydrogen-bond acceptors (Lipinski definition) is 2. The molecule has 116 valence electrons. The minimum Gasteiger partial charge on any atom is -0.454 e. The van der Waals surface area contributed by atoms with Gasteiger partial charge in [-0.25, -0.2) is 4.57 Å². The monoisotopic (exact) mass is 313 g/mol. The smallest absolute Gasteiger partial charge is 0.212 e. The summed E-state index contributed by atoms with van der Waals surface area (Å²) in [5.41, 5.74) is 6.78. The number of rotatable bonds is 1. The average molecular weight is 313 g/mol. The molecule has 0 saturated carbocycles. The van der Waals surface area contributed by atoms with Gasteiger partial charge in [-0.1, -0.05) is 12.1 Å². The van der Waals surface area contributed by atoms with Gasteiger partial charge in [0.25, 0.3) is 0 Å². The Bertz CT molecular complexity index is 1150. The van der Waals surface area contributed by atoms with Gasteiger partial charge in [0, 0.05) is 22.9 Å². The first-order valence-electron chi connectivity index (χ1n) is 7.92. The van der Waals surface area contributed by atoms with Crippen LogP contribution in [-0.2, 0) is 7.05 Å². The van der Waals surface area contributed by atoms with Gasteiger partial charge < -0.3 is 4.42 Å². The van der Waals surface area contributed by atoms with Crippen LogP contribution in [0.4, 0.5) is 0 Å². The maximum absolute atomic E-state index is 9.34. The quantitative estimate of drug-likeness (QED) is 0.483. The molecule has 0 radical (unpaired) electrons. The van der Waals surface area contributed by atoms with E-state index in [-0.39, 0.29) is 0 Å². The number of fused-ring (bicyclic) bond motifs is 3. The van der Waals surface area contributed by atoms with Crippen molar-refractivity contribution in [3.8, 4) is 17.3 Å². The summed E-state index contributed by atoms with van der Waals surface area (Å²) < 4.78 is 8.20. The van der Waals surface area contributed by atoms with Gasteiger partial charge in [-0.15, -0.1) is 0 Å². The van der Waals surface area contributed by atoms with Crippen molar-refractivity contribution in [3.63, 3.8) is 0 Å². The summed E-state index contributed by atoms with van der Waals surface area (Å²) in [4.78, 5) is 0. The highest BCUT2D eigenvalue weighted by atomic mass is 16.3. The molecule has 24 heavy (non-hydrogen) atoms. The molecule has 0 aliphatic carbocycles. The fraction of sp³-hybridized carbons (Fsp3) is 0.143. The molecule has 0 unspecified atom stereocenters. The summed E-state index contributed by atoms with van der Waals surface area (Å²) in [7, 11) is 2.05. The van der Waals surface area contributed by atoms with E-state index in [0.717, 1.165) is 27.6 Å². The van der Waals surface area contributed by atoms with E-state index in [0.29, 0.717) is 11.1 Å². The first-order valence-corrected chi connectivity index (χ1v) is 7.92. The molecule has 2 aromatic carbocycles. The number of nitriles is 1. The van der Waals surface area contributed by atoms with Crippen molar-refractivity contribution in [1.29, 1.82) is 5.26 Å². The molecule has 0 bridgehead atoms. The number of hydrogen-bond donors (Lipinski definition) is 0. The lowest BCUT2D eigenvalue weighted by atomic mass is 9.96. The van der Waals surface area contributed by atoms with E-state index in [1.807, 2.05) is 18.2 Å². The van der Waals surface area contributed by atoms with Crippen LogP contribution in [0.3, 0.4) is 0 Å². The molecule has 0 amide bonds. The Kier molecular flexibility index (Phi) is 3.14. The van der Waals surface area contributed by atoms with Crippen molar-refractivity contribution >= 4 is 21.9 Å². The lowest BCUT2D eigenvalue weighted by Crippen LogP contribution is -2.30. The molecule has 0 saturated heterocycles. The van der Waals surface area contributed by atoms with Crippen LogP contribution in [0.2, 0.25) is 0 Å². The zero-order valence-electron chi connectivity index (χ0n) is 13.9. The van der Waals surface area contributed by atoms with Crippen LogP contribution in [0.1, 0.15) is 16.7 Å². The second kappa shape index (κ2) is 5.21. The molecular formula is C21H17N2O+. The second-order valence-electron chi connectivity index (χ2n) is 6.14. The number of nitrogens with zero attached hydrogens (tertiary/aromatic N) is 2. The van der Waals surface area contributed by atoms with Crippen molar-refractivity contribution in [2.45, 2.75) is 13.8 Å². The number of pyridine rings is 1. The standard InChI is InChI=1S/C21H17N2O/c1-13-14(2)20-18(11-17(13)19-9-4-5-10-23(19)3)16-8-6-7-15(12-22)21(16)24-20/h4-11H,1-3H3/q+1. The Balaban J connectivity index is 2.16. The van der Waals surface area contributed by atoms with Crippen molar-refractivity contribution in [2.75, 3.05) is 0 Å². The Morgan fingerprint density at radius 3 is 2.54 bits per heavy atom. The first kappa shape index (κ1) is 14.5. The summed E-state index contributed by atoms with van der Waals surface area (Å²) in [6.07, 6.45) is 2.05. The lowest BCUT2D eigenvalue weighted by Gasteiger charge is -2.08. The van der Waals surface area contributed by atoms with Crippen LogP contribution in [0.25, 0.3) is 33.2 Å². The summed E-state index contributed by atoms with van der Waals surface area (Å²) in [6, 6.07) is 16.3. The van der Waals surface area contributed by atoms with Crippen LogP contribution < -0.4 is 4.57 Å². The normalized spacial score (nSPS) is 11.1. The molecule has 2 heterocycles. The van der Waals surface area contributed by atoms with E-state index in [2.05, 4.69) is 55.9 Å². The highest BCUT2D eigenvalue weighted by Crippen LogP contribution is 2.37. The van der Waals surface area contributed by atoms with Crippen LogP contribution in [0.5, 0.6) is 0 Å². The number of furan rings is 1. The maximum atomic E-state index is 9.34. The highest BCUT2D eigenvalue weighted by Gasteiger charge is 2.19. The van der Waals surface area contributed by atoms with E-state index in [4.69, 9.17) is 4.42 Å². The van der Waals surface area contributed by atoms with Crippen LogP contribution in [-0.4, -0.2) is 0 Å². The van der Waals surface area contributed by atoms with Gasteiger partial charge in [0.05, 0.1) is 11.1 Å². The molecule has 3 heteroatoms. The summed E-state index contributed by atoms with van der Waals surface area (Å²) >= 11 is 0. The maximum Gasteiger partial charge on any atom is 0.212 e. The van der Waals surface area contributed by atoms with Gasteiger partial charge in [0.15, 0.2) is 11.8 Å². The molecule has 0 aliphatic rings. The van der Waals surface area contributed by atoms with E-state index in [9.17, 15) is 5.26 Å².